The topological polar surface area (TPSA) is 43.3 Å². The van der Waals surface area contributed by atoms with Crippen LogP contribution in [0.5, 0.6) is 5.75 Å². The van der Waals surface area contributed by atoms with Crippen molar-refractivity contribution in [2.75, 3.05) is 59.4 Å². The fraction of sp³-hybridized carbons (Fsp3) is 0.708. The molecule has 0 aliphatic carbocycles. The third kappa shape index (κ3) is 8.09. The first-order valence-corrected chi connectivity index (χ1v) is 11.7. The number of ether oxygens (including phenoxy) is 1. The van der Waals surface area contributed by atoms with Crippen LogP contribution in [-0.4, -0.2) is 92.2 Å². The SMILES string of the molecule is CCNC(=NCC(C(C)C)N1CCN(C)CC1)N1CCC(Oc2ccccc2)CC1.I. The monoisotopic (exact) mass is 543 g/mol. The number of piperazine rings is 1. The molecule has 0 bridgehead atoms. The summed E-state index contributed by atoms with van der Waals surface area (Å²) < 4.78 is 6.16. The summed E-state index contributed by atoms with van der Waals surface area (Å²) in [5.74, 6) is 2.64. The van der Waals surface area contributed by atoms with Crippen molar-refractivity contribution in [3.63, 3.8) is 0 Å². The number of guanidine groups is 1. The van der Waals surface area contributed by atoms with Gasteiger partial charge in [-0.25, -0.2) is 0 Å². The maximum atomic E-state index is 6.16. The van der Waals surface area contributed by atoms with E-state index in [9.17, 15) is 0 Å². The van der Waals surface area contributed by atoms with Gasteiger partial charge in [0.25, 0.3) is 0 Å². The molecular weight excluding hydrogens is 501 g/mol. The lowest BCUT2D eigenvalue weighted by atomic mass is 10.0. The first-order valence-electron chi connectivity index (χ1n) is 11.7. The standard InChI is InChI=1S/C24H41N5O.HI/c1-5-25-24(26-19-23(20(2)3)28-17-15-27(4)16-18-28)29-13-11-22(12-14-29)30-21-9-7-6-8-10-21;/h6-10,20,22-23H,5,11-19H2,1-4H3,(H,25,26);1H. The van der Waals surface area contributed by atoms with Crippen LogP contribution in [0, 0.1) is 5.92 Å². The summed E-state index contributed by atoms with van der Waals surface area (Å²) in [4.78, 5) is 12.6. The summed E-state index contributed by atoms with van der Waals surface area (Å²) in [6.07, 6.45) is 2.36. The molecule has 3 rings (SSSR count). The molecule has 0 radical (unpaired) electrons. The summed E-state index contributed by atoms with van der Waals surface area (Å²) in [5, 5.41) is 3.53. The lowest BCUT2D eigenvalue weighted by Gasteiger charge is -2.39. The molecule has 7 heteroatoms. The average Bonchev–Trinajstić information content (AvgIpc) is 2.75. The highest BCUT2D eigenvalue weighted by atomic mass is 127. The fourth-order valence-corrected chi connectivity index (χ4v) is 4.38. The molecule has 6 nitrogen and oxygen atoms in total. The largest absolute Gasteiger partial charge is 0.490 e. The van der Waals surface area contributed by atoms with Crippen LogP contribution < -0.4 is 10.1 Å². The Labute approximate surface area is 206 Å². The van der Waals surface area contributed by atoms with Crippen molar-refractivity contribution in [3.05, 3.63) is 30.3 Å². The number of para-hydroxylation sites is 1. The Kier molecular flexibility index (Phi) is 11.4. The number of aliphatic imine (C=N–C) groups is 1. The highest BCUT2D eigenvalue weighted by molar-refractivity contribution is 14.0. The first kappa shape index (κ1) is 26.2. The van der Waals surface area contributed by atoms with E-state index in [0.717, 1.165) is 76.9 Å². The van der Waals surface area contributed by atoms with Crippen LogP contribution in [0.1, 0.15) is 33.6 Å². The van der Waals surface area contributed by atoms with Crippen LogP contribution in [-0.2, 0) is 0 Å². The van der Waals surface area contributed by atoms with Crippen molar-refractivity contribution in [1.29, 1.82) is 0 Å². The van der Waals surface area contributed by atoms with Gasteiger partial charge in [0.05, 0.1) is 6.54 Å². The summed E-state index contributed by atoms with van der Waals surface area (Å²) in [6, 6.07) is 10.7. The fourth-order valence-electron chi connectivity index (χ4n) is 4.38. The van der Waals surface area contributed by atoms with E-state index in [0.29, 0.717) is 18.1 Å². The van der Waals surface area contributed by atoms with Crippen LogP contribution in [0.2, 0.25) is 0 Å². The lowest BCUT2D eigenvalue weighted by Crippen LogP contribution is -2.52. The van der Waals surface area contributed by atoms with Crippen molar-refractivity contribution in [2.24, 2.45) is 10.9 Å². The summed E-state index contributed by atoms with van der Waals surface area (Å²) in [7, 11) is 2.22. The Bertz CT molecular complexity index is 641. The molecule has 2 aliphatic heterocycles. The molecule has 1 aromatic carbocycles. The normalized spacial score (nSPS) is 20.4. The number of nitrogens with one attached hydrogen (secondary N) is 1. The highest BCUT2D eigenvalue weighted by Gasteiger charge is 2.26. The second kappa shape index (κ2) is 13.5. The molecule has 176 valence electrons. The molecule has 1 unspecified atom stereocenters. The molecule has 2 saturated heterocycles. The quantitative estimate of drug-likeness (QED) is 0.325. The van der Waals surface area contributed by atoms with Gasteiger partial charge in [0.1, 0.15) is 11.9 Å². The van der Waals surface area contributed by atoms with Crippen LogP contribution in [0.4, 0.5) is 0 Å². The van der Waals surface area contributed by atoms with Crippen molar-refractivity contribution in [1.82, 2.24) is 20.0 Å². The minimum Gasteiger partial charge on any atom is -0.490 e. The lowest BCUT2D eigenvalue weighted by molar-refractivity contribution is 0.0921. The van der Waals surface area contributed by atoms with E-state index in [1.54, 1.807) is 0 Å². The van der Waals surface area contributed by atoms with Crippen molar-refractivity contribution < 1.29 is 4.74 Å². The Morgan fingerprint density at radius 1 is 1.06 bits per heavy atom. The molecule has 2 aliphatic rings. The number of piperidine rings is 1. The van der Waals surface area contributed by atoms with Crippen LogP contribution in [0.15, 0.2) is 35.3 Å². The Morgan fingerprint density at radius 2 is 1.71 bits per heavy atom. The second-order valence-electron chi connectivity index (χ2n) is 8.96. The molecule has 1 atom stereocenters. The summed E-state index contributed by atoms with van der Waals surface area (Å²) in [5.41, 5.74) is 0. The van der Waals surface area contributed by atoms with Gasteiger partial charge in [-0.15, -0.1) is 24.0 Å². The highest BCUT2D eigenvalue weighted by Crippen LogP contribution is 2.19. The van der Waals surface area contributed by atoms with Gasteiger partial charge in [0, 0.05) is 64.7 Å². The van der Waals surface area contributed by atoms with Gasteiger partial charge in [0.2, 0.25) is 0 Å². The van der Waals surface area contributed by atoms with Gasteiger partial charge >= 0.3 is 0 Å². The third-order valence-corrected chi connectivity index (χ3v) is 6.33. The number of hydrogen-bond donors (Lipinski definition) is 1. The molecular formula is C24H42IN5O. The minimum absolute atomic E-state index is 0. The van der Waals surface area contributed by atoms with Crippen LogP contribution in [0.25, 0.3) is 0 Å². The van der Waals surface area contributed by atoms with E-state index in [2.05, 4.69) is 47.8 Å². The number of likely N-dealkylation sites (N-methyl/N-ethyl adjacent to an activating group) is 1. The molecule has 1 N–H and O–H groups in total. The molecule has 2 heterocycles. The van der Waals surface area contributed by atoms with Crippen LogP contribution in [0.3, 0.4) is 0 Å². The number of rotatable bonds is 7. The van der Waals surface area contributed by atoms with Crippen LogP contribution >= 0.6 is 24.0 Å². The number of hydrogen-bond acceptors (Lipinski definition) is 4. The zero-order valence-corrected chi connectivity index (χ0v) is 22.1. The molecule has 2 fully saturated rings. The van der Waals surface area contributed by atoms with E-state index < -0.39 is 0 Å². The van der Waals surface area contributed by atoms with Gasteiger partial charge < -0.3 is 19.9 Å². The van der Waals surface area contributed by atoms with Crippen molar-refractivity contribution in [2.45, 2.75) is 45.8 Å². The molecule has 1 aromatic rings. The third-order valence-electron chi connectivity index (χ3n) is 6.33. The Morgan fingerprint density at radius 3 is 2.29 bits per heavy atom. The van der Waals surface area contributed by atoms with Crippen molar-refractivity contribution >= 4 is 29.9 Å². The van der Waals surface area contributed by atoms with Gasteiger partial charge in [-0.2, -0.15) is 0 Å². The van der Waals surface area contributed by atoms with Crippen molar-refractivity contribution in [3.8, 4) is 5.75 Å². The molecule has 0 amide bonds. The van der Waals surface area contributed by atoms with Gasteiger partial charge in [-0.3, -0.25) is 9.89 Å². The molecule has 0 aromatic heterocycles. The first-order chi connectivity index (χ1) is 14.6. The maximum absolute atomic E-state index is 6.16. The molecule has 0 saturated carbocycles. The van der Waals surface area contributed by atoms with E-state index in [-0.39, 0.29) is 24.0 Å². The predicted octanol–water partition coefficient (Wildman–Crippen LogP) is 3.39. The van der Waals surface area contributed by atoms with E-state index >= 15 is 0 Å². The summed E-state index contributed by atoms with van der Waals surface area (Å²) >= 11 is 0. The smallest absolute Gasteiger partial charge is 0.193 e. The molecule has 31 heavy (non-hydrogen) atoms. The minimum atomic E-state index is 0. The zero-order valence-electron chi connectivity index (χ0n) is 19.8. The van der Waals surface area contributed by atoms with E-state index in [1.807, 2.05) is 30.3 Å². The molecule has 0 spiro atoms. The van der Waals surface area contributed by atoms with Gasteiger partial charge in [-0.05, 0) is 32.0 Å². The second-order valence-corrected chi connectivity index (χ2v) is 8.96. The Balaban J connectivity index is 0.00000341. The number of benzene rings is 1. The number of nitrogens with zero attached hydrogens (tertiary/aromatic N) is 4. The zero-order chi connectivity index (χ0) is 21.3. The summed E-state index contributed by atoms with van der Waals surface area (Å²) in [6.45, 7) is 15.2. The average molecular weight is 544 g/mol. The number of halogens is 1. The van der Waals surface area contributed by atoms with E-state index in [4.69, 9.17) is 9.73 Å². The van der Waals surface area contributed by atoms with Gasteiger partial charge in [-0.1, -0.05) is 32.0 Å². The number of likely N-dealkylation sites (tertiary alicyclic amines) is 1. The predicted molar refractivity (Wildman–Crippen MR) is 141 cm³/mol. The maximum Gasteiger partial charge on any atom is 0.193 e. The van der Waals surface area contributed by atoms with Gasteiger partial charge in [0.15, 0.2) is 5.96 Å². The Hall–Kier alpha value is -1.06. The van der Waals surface area contributed by atoms with E-state index in [1.165, 1.54) is 0 Å².